The number of benzene rings is 2. The van der Waals surface area contributed by atoms with Gasteiger partial charge in [0.1, 0.15) is 5.75 Å². The summed E-state index contributed by atoms with van der Waals surface area (Å²) in [5.74, 6) is 0.719. The number of hydrogen-bond acceptors (Lipinski definition) is 3. The fourth-order valence-corrected chi connectivity index (χ4v) is 1.99. The Kier molecular flexibility index (Phi) is 4.18. The van der Waals surface area contributed by atoms with E-state index in [9.17, 15) is 5.11 Å². The van der Waals surface area contributed by atoms with Crippen LogP contribution in [0, 0.1) is 0 Å². The quantitative estimate of drug-likeness (QED) is 0.797. The molecule has 0 bridgehead atoms. The standard InChI is InChI=1S/C15H18O3/c1-11(17)13-8-7-12-5-2-3-6-14(12)15(13)18-10-4-9-16/h2-3,5-8,11,16-17H,4,9-10H2,1H3/t11-/m1/s1. The lowest BCUT2D eigenvalue weighted by atomic mass is 10.0. The van der Waals surface area contributed by atoms with Crippen LogP contribution in [0.2, 0.25) is 0 Å². The number of aliphatic hydroxyl groups excluding tert-OH is 2. The maximum atomic E-state index is 9.79. The second-order valence-corrected chi connectivity index (χ2v) is 4.31. The highest BCUT2D eigenvalue weighted by molar-refractivity contribution is 5.89. The van der Waals surface area contributed by atoms with Crippen molar-refractivity contribution in [1.29, 1.82) is 0 Å². The summed E-state index contributed by atoms with van der Waals surface area (Å²) in [6, 6.07) is 11.8. The van der Waals surface area contributed by atoms with Gasteiger partial charge < -0.3 is 14.9 Å². The van der Waals surface area contributed by atoms with E-state index in [1.807, 2.05) is 36.4 Å². The van der Waals surface area contributed by atoms with Gasteiger partial charge >= 0.3 is 0 Å². The minimum absolute atomic E-state index is 0.106. The van der Waals surface area contributed by atoms with E-state index in [0.29, 0.717) is 13.0 Å². The molecule has 0 unspecified atom stereocenters. The molecule has 2 aromatic carbocycles. The Morgan fingerprint density at radius 2 is 1.94 bits per heavy atom. The predicted octanol–water partition coefficient (Wildman–Crippen LogP) is 2.65. The van der Waals surface area contributed by atoms with Gasteiger partial charge in [-0.1, -0.05) is 36.4 Å². The molecule has 2 rings (SSSR count). The van der Waals surface area contributed by atoms with Crippen LogP contribution in [0.3, 0.4) is 0 Å². The van der Waals surface area contributed by atoms with Crippen molar-refractivity contribution in [2.24, 2.45) is 0 Å². The number of hydrogen-bond donors (Lipinski definition) is 2. The summed E-state index contributed by atoms with van der Waals surface area (Å²) >= 11 is 0. The summed E-state index contributed by atoms with van der Waals surface area (Å²) in [7, 11) is 0. The normalized spacial score (nSPS) is 12.6. The Labute approximate surface area is 107 Å². The number of ether oxygens (including phenoxy) is 1. The van der Waals surface area contributed by atoms with Crippen molar-refractivity contribution >= 4 is 10.8 Å². The summed E-state index contributed by atoms with van der Waals surface area (Å²) in [6.45, 7) is 2.28. The van der Waals surface area contributed by atoms with Gasteiger partial charge in [0, 0.05) is 24.0 Å². The minimum Gasteiger partial charge on any atom is -0.492 e. The van der Waals surface area contributed by atoms with Gasteiger partial charge in [0.2, 0.25) is 0 Å². The van der Waals surface area contributed by atoms with Crippen molar-refractivity contribution in [2.45, 2.75) is 19.4 Å². The molecule has 1 atom stereocenters. The van der Waals surface area contributed by atoms with Crippen LogP contribution >= 0.6 is 0 Å². The summed E-state index contributed by atoms with van der Waals surface area (Å²) in [6.07, 6.45) is 0.0152. The first kappa shape index (κ1) is 12.9. The second kappa shape index (κ2) is 5.85. The first-order chi connectivity index (χ1) is 8.74. The molecule has 0 heterocycles. The van der Waals surface area contributed by atoms with Crippen LogP contribution in [0.15, 0.2) is 36.4 Å². The van der Waals surface area contributed by atoms with E-state index in [2.05, 4.69) is 0 Å². The molecular weight excluding hydrogens is 228 g/mol. The molecule has 2 aromatic rings. The lowest BCUT2D eigenvalue weighted by Crippen LogP contribution is -2.04. The molecule has 0 aromatic heterocycles. The van der Waals surface area contributed by atoms with Gasteiger partial charge in [0.05, 0.1) is 12.7 Å². The van der Waals surface area contributed by atoms with Crippen LogP contribution < -0.4 is 4.74 Å². The van der Waals surface area contributed by atoms with E-state index in [4.69, 9.17) is 9.84 Å². The molecule has 0 aliphatic rings. The number of rotatable bonds is 5. The van der Waals surface area contributed by atoms with E-state index >= 15 is 0 Å². The molecule has 18 heavy (non-hydrogen) atoms. The molecule has 3 heteroatoms. The zero-order chi connectivity index (χ0) is 13.0. The van der Waals surface area contributed by atoms with E-state index < -0.39 is 6.10 Å². The van der Waals surface area contributed by atoms with E-state index in [-0.39, 0.29) is 6.61 Å². The fourth-order valence-electron chi connectivity index (χ4n) is 1.99. The van der Waals surface area contributed by atoms with Gasteiger partial charge in [-0.2, -0.15) is 0 Å². The minimum atomic E-state index is -0.571. The van der Waals surface area contributed by atoms with Crippen LogP contribution in [0.25, 0.3) is 10.8 Å². The average molecular weight is 246 g/mol. The lowest BCUT2D eigenvalue weighted by Gasteiger charge is -2.16. The number of fused-ring (bicyclic) bond motifs is 1. The monoisotopic (exact) mass is 246 g/mol. The molecule has 0 spiro atoms. The molecule has 3 nitrogen and oxygen atoms in total. The van der Waals surface area contributed by atoms with Crippen molar-refractivity contribution in [2.75, 3.05) is 13.2 Å². The first-order valence-corrected chi connectivity index (χ1v) is 6.17. The van der Waals surface area contributed by atoms with Gasteiger partial charge in [-0.05, 0) is 12.3 Å². The van der Waals surface area contributed by atoms with E-state index in [1.165, 1.54) is 0 Å². The van der Waals surface area contributed by atoms with Crippen molar-refractivity contribution in [1.82, 2.24) is 0 Å². The third-order valence-corrected chi connectivity index (χ3v) is 2.91. The third kappa shape index (κ3) is 2.63. The van der Waals surface area contributed by atoms with Crippen LogP contribution in [-0.4, -0.2) is 23.4 Å². The summed E-state index contributed by atoms with van der Waals surface area (Å²) in [5, 5.41) is 20.7. The molecule has 96 valence electrons. The molecule has 0 amide bonds. The van der Waals surface area contributed by atoms with Crippen LogP contribution in [0.5, 0.6) is 5.75 Å². The highest BCUT2D eigenvalue weighted by Gasteiger charge is 2.12. The molecule has 0 saturated heterocycles. The maximum absolute atomic E-state index is 9.79. The maximum Gasteiger partial charge on any atom is 0.132 e. The van der Waals surface area contributed by atoms with Crippen LogP contribution in [-0.2, 0) is 0 Å². The molecule has 0 radical (unpaired) electrons. The molecule has 0 aliphatic heterocycles. The highest BCUT2D eigenvalue weighted by atomic mass is 16.5. The summed E-state index contributed by atoms with van der Waals surface area (Å²) in [4.78, 5) is 0. The molecule has 0 fully saturated rings. The predicted molar refractivity (Wildman–Crippen MR) is 71.8 cm³/mol. The Hall–Kier alpha value is -1.58. The average Bonchev–Trinajstić information content (AvgIpc) is 2.38. The number of aliphatic hydroxyl groups is 2. The zero-order valence-electron chi connectivity index (χ0n) is 10.5. The Bertz CT molecular complexity index is 520. The molecular formula is C15H18O3. The fraction of sp³-hybridized carbons (Fsp3) is 0.333. The molecule has 0 saturated carbocycles. The van der Waals surface area contributed by atoms with Gasteiger partial charge in [-0.3, -0.25) is 0 Å². The smallest absolute Gasteiger partial charge is 0.132 e. The Morgan fingerprint density at radius 1 is 1.17 bits per heavy atom. The topological polar surface area (TPSA) is 49.7 Å². The van der Waals surface area contributed by atoms with Gasteiger partial charge in [0.25, 0.3) is 0 Å². The molecule has 0 aliphatic carbocycles. The lowest BCUT2D eigenvalue weighted by molar-refractivity contribution is 0.188. The van der Waals surface area contributed by atoms with Gasteiger partial charge in [-0.25, -0.2) is 0 Å². The van der Waals surface area contributed by atoms with Crippen molar-refractivity contribution < 1.29 is 14.9 Å². The highest BCUT2D eigenvalue weighted by Crippen LogP contribution is 2.33. The SMILES string of the molecule is C[C@@H](O)c1ccc2ccccc2c1OCCCO. The zero-order valence-corrected chi connectivity index (χ0v) is 10.5. The van der Waals surface area contributed by atoms with E-state index in [1.54, 1.807) is 6.92 Å². The van der Waals surface area contributed by atoms with Crippen LogP contribution in [0.4, 0.5) is 0 Å². The Morgan fingerprint density at radius 3 is 2.67 bits per heavy atom. The summed E-state index contributed by atoms with van der Waals surface area (Å²) in [5.41, 5.74) is 0.784. The van der Waals surface area contributed by atoms with Crippen LogP contribution in [0.1, 0.15) is 25.0 Å². The first-order valence-electron chi connectivity index (χ1n) is 6.17. The van der Waals surface area contributed by atoms with Crippen molar-refractivity contribution in [3.05, 3.63) is 42.0 Å². The van der Waals surface area contributed by atoms with Crippen molar-refractivity contribution in [3.63, 3.8) is 0 Å². The van der Waals surface area contributed by atoms with Crippen molar-refractivity contribution in [3.8, 4) is 5.75 Å². The second-order valence-electron chi connectivity index (χ2n) is 4.31. The van der Waals surface area contributed by atoms with Gasteiger partial charge in [0.15, 0.2) is 0 Å². The molecule has 2 N–H and O–H groups in total. The Balaban J connectivity index is 2.45. The van der Waals surface area contributed by atoms with Gasteiger partial charge in [-0.15, -0.1) is 0 Å². The summed E-state index contributed by atoms with van der Waals surface area (Å²) < 4.78 is 5.73. The van der Waals surface area contributed by atoms with E-state index in [0.717, 1.165) is 22.1 Å². The largest absolute Gasteiger partial charge is 0.492 e. The third-order valence-electron chi connectivity index (χ3n) is 2.91.